The van der Waals surface area contributed by atoms with Gasteiger partial charge >= 0.3 is 0 Å². The summed E-state index contributed by atoms with van der Waals surface area (Å²) in [4.78, 5) is 5.56. The average Bonchev–Trinajstić information content (AvgIpc) is 2.49. The molecule has 1 nitrogen and oxygen atoms in total. The van der Waals surface area contributed by atoms with E-state index >= 15 is 0 Å². The van der Waals surface area contributed by atoms with Gasteiger partial charge in [-0.05, 0) is 43.9 Å². The van der Waals surface area contributed by atoms with Crippen LogP contribution in [0.2, 0.25) is 0 Å². The third kappa shape index (κ3) is 3.05. The van der Waals surface area contributed by atoms with Crippen LogP contribution in [0.15, 0.2) is 12.1 Å². The number of nitrogens with zero attached hydrogens (tertiary/aromatic N) is 1. The maximum absolute atomic E-state index is 2.61. The number of piperidine rings is 1. The minimum absolute atomic E-state index is 0.518. The van der Waals surface area contributed by atoms with Crippen molar-refractivity contribution in [3.05, 3.63) is 21.9 Å². The maximum atomic E-state index is 2.61. The van der Waals surface area contributed by atoms with Crippen molar-refractivity contribution >= 4 is 11.3 Å². The molecule has 0 atom stereocenters. The lowest BCUT2D eigenvalue weighted by atomic mass is 9.84. The Hall–Kier alpha value is -0.340. The van der Waals surface area contributed by atoms with Crippen LogP contribution in [0.5, 0.6) is 0 Å². The smallest absolute Gasteiger partial charge is 0.0328 e. The molecule has 1 aliphatic heterocycles. The number of aryl methyl sites for hydroxylation is 1. The van der Waals surface area contributed by atoms with E-state index in [4.69, 9.17) is 0 Å². The molecule has 0 aliphatic carbocycles. The number of thiophene rings is 1. The molecule has 1 saturated heterocycles. The maximum Gasteiger partial charge on any atom is 0.0328 e. The van der Waals surface area contributed by atoms with Gasteiger partial charge in [0, 0.05) is 22.8 Å². The molecule has 0 radical (unpaired) electrons. The first-order valence-electron chi connectivity index (χ1n) is 5.83. The molecule has 0 spiro atoms. The van der Waals surface area contributed by atoms with Crippen LogP contribution in [-0.4, -0.2) is 18.0 Å². The van der Waals surface area contributed by atoms with Crippen molar-refractivity contribution in [3.8, 4) is 0 Å². The van der Waals surface area contributed by atoms with Crippen LogP contribution < -0.4 is 0 Å². The van der Waals surface area contributed by atoms with Crippen molar-refractivity contribution in [1.82, 2.24) is 4.90 Å². The third-order valence-electron chi connectivity index (χ3n) is 3.15. The molecule has 0 N–H and O–H groups in total. The molecule has 0 aromatic carbocycles. The SMILES string of the molecule is Cc1ccc(CN2CCCC(C)(C)C2)s1. The molecular weight excluding hydrogens is 202 g/mol. The molecule has 0 unspecified atom stereocenters. The fourth-order valence-corrected chi connectivity index (χ4v) is 3.40. The summed E-state index contributed by atoms with van der Waals surface area (Å²) >= 11 is 1.94. The summed E-state index contributed by atoms with van der Waals surface area (Å²) in [6.45, 7) is 10.7. The van der Waals surface area contributed by atoms with E-state index in [1.807, 2.05) is 11.3 Å². The summed E-state index contributed by atoms with van der Waals surface area (Å²) in [7, 11) is 0. The first-order chi connectivity index (χ1) is 7.05. The first kappa shape index (κ1) is 11.2. The number of hydrogen-bond donors (Lipinski definition) is 0. The zero-order valence-electron chi connectivity index (χ0n) is 10.0. The van der Waals surface area contributed by atoms with Gasteiger partial charge in [0.25, 0.3) is 0 Å². The van der Waals surface area contributed by atoms with E-state index < -0.39 is 0 Å². The molecule has 1 fully saturated rings. The fourth-order valence-electron chi connectivity index (χ4n) is 2.47. The highest BCUT2D eigenvalue weighted by Gasteiger charge is 2.26. The first-order valence-corrected chi connectivity index (χ1v) is 6.64. The molecule has 15 heavy (non-hydrogen) atoms. The zero-order chi connectivity index (χ0) is 10.9. The Morgan fingerprint density at radius 3 is 2.80 bits per heavy atom. The van der Waals surface area contributed by atoms with Crippen molar-refractivity contribution < 1.29 is 0 Å². The van der Waals surface area contributed by atoms with Crippen molar-refractivity contribution in [2.24, 2.45) is 5.41 Å². The van der Waals surface area contributed by atoms with Gasteiger partial charge in [-0.25, -0.2) is 0 Å². The van der Waals surface area contributed by atoms with Gasteiger partial charge in [-0.15, -0.1) is 11.3 Å². The van der Waals surface area contributed by atoms with Gasteiger partial charge in [-0.1, -0.05) is 13.8 Å². The average molecular weight is 223 g/mol. The van der Waals surface area contributed by atoms with Gasteiger partial charge in [-0.2, -0.15) is 0 Å². The van der Waals surface area contributed by atoms with Crippen molar-refractivity contribution in [2.45, 2.75) is 40.2 Å². The zero-order valence-corrected chi connectivity index (χ0v) is 10.9. The largest absolute Gasteiger partial charge is 0.298 e. The normalized spacial score (nSPS) is 21.8. The third-order valence-corrected chi connectivity index (χ3v) is 4.14. The van der Waals surface area contributed by atoms with Gasteiger partial charge < -0.3 is 0 Å². The van der Waals surface area contributed by atoms with Crippen LogP contribution in [0, 0.1) is 12.3 Å². The molecule has 84 valence electrons. The Morgan fingerprint density at radius 1 is 1.40 bits per heavy atom. The van der Waals surface area contributed by atoms with Gasteiger partial charge in [0.1, 0.15) is 0 Å². The van der Waals surface area contributed by atoms with Crippen LogP contribution >= 0.6 is 11.3 Å². The predicted octanol–water partition coefficient (Wildman–Crippen LogP) is 3.68. The Morgan fingerprint density at radius 2 is 2.20 bits per heavy atom. The van der Waals surface area contributed by atoms with Crippen molar-refractivity contribution in [2.75, 3.05) is 13.1 Å². The minimum Gasteiger partial charge on any atom is -0.298 e. The van der Waals surface area contributed by atoms with E-state index in [9.17, 15) is 0 Å². The minimum atomic E-state index is 0.518. The topological polar surface area (TPSA) is 3.24 Å². The fraction of sp³-hybridized carbons (Fsp3) is 0.692. The van der Waals surface area contributed by atoms with E-state index in [0.29, 0.717) is 5.41 Å². The highest BCUT2D eigenvalue weighted by atomic mass is 32.1. The van der Waals surface area contributed by atoms with Crippen LogP contribution in [0.1, 0.15) is 36.4 Å². The summed E-state index contributed by atoms with van der Waals surface area (Å²) in [6.07, 6.45) is 2.74. The molecule has 0 saturated carbocycles. The lowest BCUT2D eigenvalue weighted by Crippen LogP contribution is -2.39. The monoisotopic (exact) mass is 223 g/mol. The predicted molar refractivity (Wildman–Crippen MR) is 67.3 cm³/mol. The van der Waals surface area contributed by atoms with Crippen LogP contribution in [-0.2, 0) is 6.54 Å². The van der Waals surface area contributed by atoms with E-state index in [2.05, 4.69) is 37.8 Å². The quantitative estimate of drug-likeness (QED) is 0.739. The van der Waals surface area contributed by atoms with Gasteiger partial charge in [0.05, 0.1) is 0 Å². The van der Waals surface area contributed by atoms with Crippen molar-refractivity contribution in [1.29, 1.82) is 0 Å². The second-order valence-corrected chi connectivity index (χ2v) is 6.86. The molecule has 1 aliphatic rings. The molecule has 1 aromatic heterocycles. The lowest BCUT2D eigenvalue weighted by molar-refractivity contribution is 0.112. The molecule has 2 heterocycles. The number of likely N-dealkylation sites (tertiary alicyclic amines) is 1. The highest BCUT2D eigenvalue weighted by Crippen LogP contribution is 2.30. The summed E-state index contributed by atoms with van der Waals surface area (Å²) in [6, 6.07) is 4.51. The Labute approximate surface area is 97.1 Å². The Balaban J connectivity index is 1.95. The second-order valence-electron chi connectivity index (χ2n) is 5.49. The van der Waals surface area contributed by atoms with E-state index in [1.54, 1.807) is 0 Å². The summed E-state index contributed by atoms with van der Waals surface area (Å²) < 4.78 is 0. The standard InChI is InChI=1S/C13H21NS/c1-11-5-6-12(15-11)9-14-8-4-7-13(2,3)10-14/h5-6H,4,7-10H2,1-3H3. The lowest BCUT2D eigenvalue weighted by Gasteiger charge is -2.37. The summed E-state index contributed by atoms with van der Waals surface area (Å²) in [5.74, 6) is 0. The number of hydrogen-bond acceptors (Lipinski definition) is 2. The summed E-state index contributed by atoms with van der Waals surface area (Å²) in [5, 5.41) is 0. The molecule has 0 bridgehead atoms. The second kappa shape index (κ2) is 4.26. The molecule has 2 rings (SSSR count). The van der Waals surface area contributed by atoms with E-state index in [-0.39, 0.29) is 0 Å². The summed E-state index contributed by atoms with van der Waals surface area (Å²) in [5.41, 5.74) is 0.518. The highest BCUT2D eigenvalue weighted by molar-refractivity contribution is 7.11. The van der Waals surface area contributed by atoms with Crippen LogP contribution in [0.3, 0.4) is 0 Å². The van der Waals surface area contributed by atoms with Gasteiger partial charge in [0.2, 0.25) is 0 Å². The molecule has 2 heteroatoms. The van der Waals surface area contributed by atoms with Crippen LogP contribution in [0.4, 0.5) is 0 Å². The van der Waals surface area contributed by atoms with Crippen molar-refractivity contribution in [3.63, 3.8) is 0 Å². The Bertz CT molecular complexity index is 327. The van der Waals surface area contributed by atoms with Gasteiger partial charge in [-0.3, -0.25) is 4.90 Å². The Kier molecular flexibility index (Phi) is 3.17. The number of rotatable bonds is 2. The molecule has 0 amide bonds. The van der Waals surface area contributed by atoms with E-state index in [1.165, 1.54) is 35.7 Å². The van der Waals surface area contributed by atoms with E-state index in [0.717, 1.165) is 6.54 Å². The molecule has 1 aromatic rings. The van der Waals surface area contributed by atoms with Gasteiger partial charge in [0.15, 0.2) is 0 Å². The molecular formula is C13H21NS. The van der Waals surface area contributed by atoms with Crippen LogP contribution in [0.25, 0.3) is 0 Å².